The molecule has 0 spiro atoms. The maximum Gasteiger partial charge on any atom is 0.254 e. The highest BCUT2D eigenvalue weighted by molar-refractivity contribution is 6.83. The molecule has 0 radical (unpaired) electrons. The first-order valence-electron chi connectivity index (χ1n) is 8.08. The van der Waals surface area contributed by atoms with Gasteiger partial charge < -0.3 is 9.30 Å². The summed E-state index contributed by atoms with van der Waals surface area (Å²) < 4.78 is 6.93. The van der Waals surface area contributed by atoms with E-state index < -0.39 is 8.07 Å². The molecule has 0 saturated heterocycles. The topological polar surface area (TPSA) is 31.2 Å². The Labute approximate surface area is 145 Å². The fourth-order valence-corrected chi connectivity index (χ4v) is 2.82. The van der Waals surface area contributed by atoms with E-state index in [0.29, 0.717) is 6.54 Å². The number of methoxy groups -OCH3 is 1. The number of nitrogens with zero attached hydrogens (tertiary/aromatic N) is 1. The summed E-state index contributed by atoms with van der Waals surface area (Å²) in [7, 11) is 0.187. The first kappa shape index (κ1) is 18.1. The minimum Gasteiger partial charge on any atom is -0.497 e. The van der Waals surface area contributed by atoms with Crippen molar-refractivity contribution in [1.82, 2.24) is 4.57 Å². The lowest BCUT2D eigenvalue weighted by Crippen LogP contribution is -2.24. The van der Waals surface area contributed by atoms with E-state index in [4.69, 9.17) is 4.74 Å². The molecule has 0 atom stereocenters. The summed E-state index contributed by atoms with van der Waals surface area (Å²) in [6.45, 7) is 11.0. The van der Waals surface area contributed by atoms with E-state index in [1.807, 2.05) is 44.3 Å². The first-order valence-corrected chi connectivity index (χ1v) is 11.6. The molecule has 0 aliphatic rings. The Hall–Kier alpha value is -2.25. The third-order valence-corrected chi connectivity index (χ3v) is 4.79. The Bertz CT molecular complexity index is 847. The van der Waals surface area contributed by atoms with Crippen LogP contribution in [-0.2, 0) is 6.54 Å². The van der Waals surface area contributed by atoms with Gasteiger partial charge in [-0.05, 0) is 37.1 Å². The van der Waals surface area contributed by atoms with Crippen LogP contribution in [0.3, 0.4) is 0 Å². The van der Waals surface area contributed by atoms with Crippen molar-refractivity contribution < 1.29 is 4.74 Å². The number of ether oxygens (including phenoxy) is 1. The second kappa shape index (κ2) is 7.10. The molecular formula is C20H25NO2Si. The first-order chi connectivity index (χ1) is 11.2. The fraction of sp³-hybridized carbons (Fsp3) is 0.350. The van der Waals surface area contributed by atoms with Gasteiger partial charge in [-0.15, -0.1) is 5.54 Å². The van der Waals surface area contributed by atoms with Gasteiger partial charge in [0.15, 0.2) is 0 Å². The zero-order valence-corrected chi connectivity index (χ0v) is 16.4. The van der Waals surface area contributed by atoms with Crippen LogP contribution in [0, 0.1) is 25.3 Å². The number of hydrogen-bond donors (Lipinski definition) is 0. The second-order valence-electron chi connectivity index (χ2n) is 7.07. The SMILES string of the molecule is COc1ccc(Cn2cc(C#C[Si](C)(C)C)c(C)c(C)c2=O)cc1. The molecular weight excluding hydrogens is 314 g/mol. The van der Waals surface area contributed by atoms with Gasteiger partial charge in [-0.1, -0.05) is 37.7 Å². The molecule has 3 nitrogen and oxygen atoms in total. The fourth-order valence-electron chi connectivity index (χ4n) is 2.32. The summed E-state index contributed by atoms with van der Waals surface area (Å²) in [6.07, 6.45) is 1.89. The maximum absolute atomic E-state index is 12.6. The maximum atomic E-state index is 12.6. The zero-order valence-electron chi connectivity index (χ0n) is 15.4. The molecule has 0 unspecified atom stereocenters. The smallest absolute Gasteiger partial charge is 0.254 e. The van der Waals surface area contributed by atoms with E-state index in [-0.39, 0.29) is 5.56 Å². The van der Waals surface area contributed by atoms with Crippen LogP contribution >= 0.6 is 0 Å². The van der Waals surface area contributed by atoms with E-state index in [2.05, 4.69) is 31.1 Å². The van der Waals surface area contributed by atoms with E-state index in [1.165, 1.54) is 0 Å². The van der Waals surface area contributed by atoms with E-state index in [9.17, 15) is 4.79 Å². The minimum atomic E-state index is -1.46. The molecule has 4 heteroatoms. The minimum absolute atomic E-state index is 0.0434. The number of aromatic nitrogens is 1. The summed E-state index contributed by atoms with van der Waals surface area (Å²) in [5.74, 6) is 4.11. The van der Waals surface area contributed by atoms with Crippen molar-refractivity contribution in [2.45, 2.75) is 40.0 Å². The zero-order chi connectivity index (χ0) is 17.9. The lowest BCUT2D eigenvalue weighted by Gasteiger charge is -2.12. The molecule has 1 aromatic carbocycles. The van der Waals surface area contributed by atoms with Gasteiger partial charge >= 0.3 is 0 Å². The molecule has 1 heterocycles. The van der Waals surface area contributed by atoms with Crippen LogP contribution in [0.1, 0.15) is 22.3 Å². The molecule has 0 saturated carbocycles. The summed E-state index contributed by atoms with van der Waals surface area (Å²) in [5.41, 5.74) is 7.19. The van der Waals surface area contributed by atoms with Crippen LogP contribution in [0.2, 0.25) is 19.6 Å². The molecule has 0 aliphatic heterocycles. The standard InChI is InChI=1S/C20H25NO2Si/c1-15-16(2)20(22)21(14-18(15)11-12-24(4,5)6)13-17-7-9-19(23-3)10-8-17/h7-10,14H,13H2,1-6H3. The molecule has 0 N–H and O–H groups in total. The predicted octanol–water partition coefficient (Wildman–Crippen LogP) is 3.75. The van der Waals surface area contributed by atoms with Crippen LogP contribution in [-0.4, -0.2) is 19.8 Å². The third kappa shape index (κ3) is 4.39. The van der Waals surface area contributed by atoms with E-state index in [0.717, 1.165) is 28.0 Å². The molecule has 2 aromatic rings. The van der Waals surface area contributed by atoms with Crippen LogP contribution in [0.5, 0.6) is 5.75 Å². The largest absolute Gasteiger partial charge is 0.497 e. The van der Waals surface area contributed by atoms with Crippen LogP contribution in [0.25, 0.3) is 0 Å². The molecule has 1 aromatic heterocycles. The second-order valence-corrected chi connectivity index (χ2v) is 11.8. The van der Waals surface area contributed by atoms with Gasteiger partial charge in [-0.2, -0.15) is 0 Å². The quantitative estimate of drug-likeness (QED) is 0.630. The number of hydrogen-bond acceptors (Lipinski definition) is 2. The Morgan fingerprint density at radius 3 is 2.25 bits per heavy atom. The van der Waals surface area contributed by atoms with Gasteiger partial charge in [0.2, 0.25) is 0 Å². The van der Waals surface area contributed by atoms with Crippen LogP contribution in [0.4, 0.5) is 0 Å². The Morgan fingerprint density at radius 2 is 1.71 bits per heavy atom. The average Bonchev–Trinajstić information content (AvgIpc) is 2.54. The number of benzene rings is 1. The van der Waals surface area contributed by atoms with Crippen molar-refractivity contribution in [2.24, 2.45) is 0 Å². The molecule has 24 heavy (non-hydrogen) atoms. The Balaban J connectivity index is 2.43. The van der Waals surface area contributed by atoms with Gasteiger partial charge in [-0.25, -0.2) is 0 Å². The van der Waals surface area contributed by atoms with Crippen molar-refractivity contribution in [3.05, 3.63) is 63.1 Å². The van der Waals surface area contributed by atoms with Gasteiger partial charge in [0.05, 0.1) is 13.7 Å². The van der Waals surface area contributed by atoms with Crippen LogP contribution in [0.15, 0.2) is 35.3 Å². The molecule has 126 valence electrons. The highest BCUT2D eigenvalue weighted by Gasteiger charge is 2.11. The average molecular weight is 340 g/mol. The highest BCUT2D eigenvalue weighted by Crippen LogP contribution is 2.14. The monoisotopic (exact) mass is 339 g/mol. The third-order valence-electron chi connectivity index (χ3n) is 3.92. The predicted molar refractivity (Wildman–Crippen MR) is 102 cm³/mol. The molecule has 2 rings (SSSR count). The van der Waals surface area contributed by atoms with Crippen LogP contribution < -0.4 is 10.3 Å². The van der Waals surface area contributed by atoms with E-state index in [1.54, 1.807) is 11.7 Å². The molecule has 0 amide bonds. The van der Waals surface area contributed by atoms with Crippen molar-refractivity contribution in [1.29, 1.82) is 0 Å². The summed E-state index contributed by atoms with van der Waals surface area (Å²) in [5, 5.41) is 0. The molecule has 0 fully saturated rings. The van der Waals surface area contributed by atoms with Crippen molar-refractivity contribution >= 4 is 8.07 Å². The van der Waals surface area contributed by atoms with Crippen molar-refractivity contribution in [3.8, 4) is 17.2 Å². The Kier molecular flexibility index (Phi) is 5.35. The lowest BCUT2D eigenvalue weighted by atomic mass is 10.1. The van der Waals surface area contributed by atoms with Gasteiger partial charge in [0, 0.05) is 17.3 Å². The molecule has 0 bridgehead atoms. The Morgan fingerprint density at radius 1 is 1.08 bits per heavy atom. The van der Waals surface area contributed by atoms with Gasteiger partial charge in [0.25, 0.3) is 5.56 Å². The summed E-state index contributed by atoms with van der Waals surface area (Å²) >= 11 is 0. The van der Waals surface area contributed by atoms with E-state index >= 15 is 0 Å². The molecule has 0 aliphatic carbocycles. The number of rotatable bonds is 3. The van der Waals surface area contributed by atoms with Gasteiger partial charge in [-0.3, -0.25) is 4.79 Å². The number of pyridine rings is 1. The lowest BCUT2D eigenvalue weighted by molar-refractivity contribution is 0.414. The normalized spacial score (nSPS) is 10.9. The highest BCUT2D eigenvalue weighted by atomic mass is 28.3. The van der Waals surface area contributed by atoms with Gasteiger partial charge in [0.1, 0.15) is 13.8 Å². The summed E-state index contributed by atoms with van der Waals surface area (Å²) in [4.78, 5) is 12.6. The van der Waals surface area contributed by atoms with Crippen molar-refractivity contribution in [2.75, 3.05) is 7.11 Å². The summed E-state index contributed by atoms with van der Waals surface area (Å²) in [6, 6.07) is 7.78. The van der Waals surface area contributed by atoms with Crippen molar-refractivity contribution in [3.63, 3.8) is 0 Å².